The normalized spacial score (nSPS) is 13.8. The Labute approximate surface area is 60.3 Å². The van der Waals surface area contributed by atoms with Gasteiger partial charge in [-0.3, -0.25) is 0 Å². The van der Waals surface area contributed by atoms with Crippen LogP contribution in [0.2, 0.25) is 0 Å². The Bertz CT molecular complexity index is 129. The van der Waals surface area contributed by atoms with Crippen LogP contribution in [0.15, 0.2) is 12.2 Å². The van der Waals surface area contributed by atoms with E-state index in [1.165, 1.54) is 6.08 Å². The lowest BCUT2D eigenvalue weighted by Crippen LogP contribution is -2.04. The molecule has 0 spiro atoms. The number of hydrogen-bond donors (Lipinski definition) is 1. The highest BCUT2D eigenvalue weighted by Gasteiger charge is 1.94. The highest BCUT2D eigenvalue weighted by Crippen LogP contribution is 1.91. The Kier molecular flexibility index (Phi) is 4.58. The van der Waals surface area contributed by atoms with Crippen LogP contribution in [-0.2, 0) is 9.53 Å². The van der Waals surface area contributed by atoms with Gasteiger partial charge in [0, 0.05) is 12.7 Å². The number of carboxylic acids is 1. The minimum atomic E-state index is -0.938. The van der Waals surface area contributed by atoms with E-state index in [1.807, 2.05) is 6.92 Å². The Hall–Kier alpha value is -0.830. The van der Waals surface area contributed by atoms with E-state index in [-0.39, 0.29) is 6.10 Å². The third-order valence-electron chi connectivity index (χ3n) is 0.939. The lowest BCUT2D eigenvalue weighted by atomic mass is 10.3. The third-order valence-corrected chi connectivity index (χ3v) is 0.939. The zero-order valence-corrected chi connectivity index (χ0v) is 6.20. The molecule has 0 saturated carbocycles. The average Bonchev–Trinajstić information content (AvgIpc) is 1.85. The molecule has 0 fully saturated rings. The maximum atomic E-state index is 9.97. The van der Waals surface area contributed by atoms with Gasteiger partial charge in [-0.05, 0) is 19.9 Å². The molecule has 10 heavy (non-hydrogen) atoms. The average molecular weight is 144 g/mol. The molecule has 0 saturated heterocycles. The largest absolute Gasteiger partial charge is 0.478 e. The molecule has 0 aromatic heterocycles. The molecule has 58 valence electrons. The summed E-state index contributed by atoms with van der Waals surface area (Å²) in [5, 5.41) is 8.19. The van der Waals surface area contributed by atoms with E-state index < -0.39 is 5.97 Å². The maximum absolute atomic E-state index is 9.97. The maximum Gasteiger partial charge on any atom is 0.328 e. The molecule has 0 heterocycles. The fourth-order valence-electron chi connectivity index (χ4n) is 0.536. The Morgan fingerprint density at radius 2 is 2.40 bits per heavy atom. The Balaban J connectivity index is 3.55. The van der Waals surface area contributed by atoms with Crippen molar-refractivity contribution in [1.29, 1.82) is 0 Å². The number of aliphatic carboxylic acids is 1. The molecule has 0 amide bonds. The van der Waals surface area contributed by atoms with E-state index >= 15 is 0 Å². The zero-order valence-electron chi connectivity index (χ0n) is 6.20. The summed E-state index contributed by atoms with van der Waals surface area (Å²) >= 11 is 0. The van der Waals surface area contributed by atoms with Gasteiger partial charge in [-0.25, -0.2) is 4.79 Å². The van der Waals surface area contributed by atoms with E-state index in [4.69, 9.17) is 9.84 Å². The van der Waals surface area contributed by atoms with Crippen LogP contribution in [0.1, 0.15) is 13.8 Å². The van der Waals surface area contributed by atoms with Gasteiger partial charge in [0.05, 0.1) is 6.10 Å². The minimum Gasteiger partial charge on any atom is -0.478 e. The summed E-state index contributed by atoms with van der Waals surface area (Å²) < 4.78 is 5.04. The number of ether oxygens (including phenoxy) is 1. The molecule has 3 heteroatoms. The van der Waals surface area contributed by atoms with E-state index in [1.54, 1.807) is 6.92 Å². The SMILES string of the molecule is CCOC(C)/C=C/C(=O)O. The van der Waals surface area contributed by atoms with Gasteiger partial charge in [-0.15, -0.1) is 0 Å². The second-order valence-electron chi connectivity index (χ2n) is 1.86. The molecule has 0 aliphatic heterocycles. The summed E-state index contributed by atoms with van der Waals surface area (Å²) in [5.74, 6) is -0.938. The topological polar surface area (TPSA) is 46.5 Å². The summed E-state index contributed by atoms with van der Waals surface area (Å²) in [6.07, 6.45) is 2.48. The van der Waals surface area contributed by atoms with Crippen LogP contribution in [-0.4, -0.2) is 23.8 Å². The monoisotopic (exact) mass is 144 g/mol. The predicted octanol–water partition coefficient (Wildman–Crippen LogP) is 1.05. The Morgan fingerprint density at radius 3 is 2.80 bits per heavy atom. The van der Waals surface area contributed by atoms with E-state index in [0.717, 1.165) is 6.08 Å². The van der Waals surface area contributed by atoms with Crippen molar-refractivity contribution in [1.82, 2.24) is 0 Å². The van der Waals surface area contributed by atoms with Crippen molar-refractivity contribution in [2.24, 2.45) is 0 Å². The first-order chi connectivity index (χ1) is 4.66. The predicted molar refractivity (Wildman–Crippen MR) is 37.9 cm³/mol. The molecule has 1 unspecified atom stereocenters. The quantitative estimate of drug-likeness (QED) is 0.600. The van der Waals surface area contributed by atoms with Crippen LogP contribution < -0.4 is 0 Å². The number of carboxylic acid groups (broad SMARTS) is 1. The molecule has 0 radical (unpaired) electrons. The fourth-order valence-corrected chi connectivity index (χ4v) is 0.536. The molecule has 3 nitrogen and oxygen atoms in total. The number of carbonyl (C=O) groups is 1. The van der Waals surface area contributed by atoms with Gasteiger partial charge in [-0.1, -0.05) is 0 Å². The molecule has 0 aliphatic carbocycles. The van der Waals surface area contributed by atoms with Gasteiger partial charge >= 0.3 is 5.97 Å². The van der Waals surface area contributed by atoms with E-state index in [2.05, 4.69) is 0 Å². The van der Waals surface area contributed by atoms with Gasteiger partial charge < -0.3 is 9.84 Å². The van der Waals surface area contributed by atoms with Gasteiger partial charge in [0.1, 0.15) is 0 Å². The van der Waals surface area contributed by atoms with Crippen LogP contribution in [0.25, 0.3) is 0 Å². The standard InChI is InChI=1S/C7H12O3/c1-3-10-6(2)4-5-7(8)9/h4-6H,3H2,1-2H3,(H,8,9)/b5-4+. The highest BCUT2D eigenvalue weighted by molar-refractivity contribution is 5.79. The molecule has 0 aromatic carbocycles. The fraction of sp³-hybridized carbons (Fsp3) is 0.571. The lowest BCUT2D eigenvalue weighted by molar-refractivity contribution is -0.131. The summed E-state index contributed by atoms with van der Waals surface area (Å²) in [4.78, 5) is 9.97. The molecule has 0 aromatic rings. The second-order valence-corrected chi connectivity index (χ2v) is 1.86. The molecule has 1 atom stereocenters. The zero-order chi connectivity index (χ0) is 7.98. The van der Waals surface area contributed by atoms with Gasteiger partial charge in [-0.2, -0.15) is 0 Å². The smallest absolute Gasteiger partial charge is 0.328 e. The van der Waals surface area contributed by atoms with Crippen molar-refractivity contribution in [3.63, 3.8) is 0 Å². The summed E-state index contributed by atoms with van der Waals surface area (Å²) in [6.45, 7) is 4.26. The van der Waals surface area contributed by atoms with Crippen LogP contribution >= 0.6 is 0 Å². The minimum absolute atomic E-state index is 0.110. The van der Waals surface area contributed by atoms with Crippen LogP contribution in [0.4, 0.5) is 0 Å². The van der Waals surface area contributed by atoms with Crippen molar-refractivity contribution >= 4 is 5.97 Å². The van der Waals surface area contributed by atoms with E-state index in [9.17, 15) is 4.79 Å². The molecule has 1 N–H and O–H groups in total. The number of hydrogen-bond acceptors (Lipinski definition) is 2. The van der Waals surface area contributed by atoms with Gasteiger partial charge in [0.25, 0.3) is 0 Å². The van der Waals surface area contributed by atoms with Crippen LogP contribution in [0.3, 0.4) is 0 Å². The first-order valence-corrected chi connectivity index (χ1v) is 3.19. The van der Waals surface area contributed by atoms with E-state index in [0.29, 0.717) is 6.61 Å². The molecular formula is C7H12O3. The first kappa shape index (κ1) is 9.17. The molecular weight excluding hydrogens is 132 g/mol. The molecule has 0 aliphatic rings. The molecule has 0 rings (SSSR count). The van der Waals surface area contributed by atoms with Crippen molar-refractivity contribution in [2.45, 2.75) is 20.0 Å². The van der Waals surface area contributed by atoms with Crippen LogP contribution in [0, 0.1) is 0 Å². The van der Waals surface area contributed by atoms with Gasteiger partial charge in [0.15, 0.2) is 0 Å². The van der Waals surface area contributed by atoms with Gasteiger partial charge in [0.2, 0.25) is 0 Å². The number of rotatable bonds is 4. The highest BCUT2D eigenvalue weighted by atomic mass is 16.5. The lowest BCUT2D eigenvalue weighted by Gasteiger charge is -2.03. The van der Waals surface area contributed by atoms with Crippen molar-refractivity contribution in [3.8, 4) is 0 Å². The van der Waals surface area contributed by atoms with Crippen molar-refractivity contribution < 1.29 is 14.6 Å². The summed E-state index contributed by atoms with van der Waals surface area (Å²) in [7, 11) is 0. The summed E-state index contributed by atoms with van der Waals surface area (Å²) in [6, 6.07) is 0. The van der Waals surface area contributed by atoms with Crippen molar-refractivity contribution in [3.05, 3.63) is 12.2 Å². The first-order valence-electron chi connectivity index (χ1n) is 3.19. The third kappa shape index (κ3) is 5.31. The van der Waals surface area contributed by atoms with Crippen LogP contribution in [0.5, 0.6) is 0 Å². The second kappa shape index (κ2) is 4.99. The molecule has 0 bridgehead atoms. The summed E-state index contributed by atoms with van der Waals surface area (Å²) in [5.41, 5.74) is 0. The van der Waals surface area contributed by atoms with Crippen molar-refractivity contribution in [2.75, 3.05) is 6.61 Å². The Morgan fingerprint density at radius 1 is 1.80 bits per heavy atom.